The molecular weight excluding hydrogens is 222 g/mol. The predicted octanol–water partition coefficient (Wildman–Crippen LogP) is 2.60. The summed E-state index contributed by atoms with van der Waals surface area (Å²) in [6.07, 6.45) is 4.08. The van der Waals surface area contributed by atoms with Crippen LogP contribution in [0.4, 0.5) is 0 Å². The summed E-state index contributed by atoms with van der Waals surface area (Å²) in [6, 6.07) is 6.62. The van der Waals surface area contributed by atoms with Crippen LogP contribution in [0.1, 0.15) is 36.0 Å². The average Bonchev–Trinajstić information content (AvgIpc) is 2.41. The molecule has 2 atom stereocenters. The smallest absolute Gasteiger partial charge is 0.0583 e. The number of hydrogen-bond acceptors (Lipinski definition) is 2. The van der Waals surface area contributed by atoms with E-state index in [1.54, 1.807) is 0 Å². The van der Waals surface area contributed by atoms with Crippen molar-refractivity contribution in [1.82, 2.24) is 5.32 Å². The fourth-order valence-corrected chi connectivity index (χ4v) is 2.72. The molecule has 2 N–H and O–H groups in total. The van der Waals surface area contributed by atoms with Crippen LogP contribution < -0.4 is 5.32 Å². The maximum atomic E-state index is 10.2. The summed E-state index contributed by atoms with van der Waals surface area (Å²) in [5.41, 5.74) is 4.04. The molecule has 100 valence electrons. The van der Waals surface area contributed by atoms with E-state index in [0.29, 0.717) is 5.92 Å². The fraction of sp³-hybridized carbons (Fsp3) is 0.625. The van der Waals surface area contributed by atoms with Gasteiger partial charge in [-0.2, -0.15) is 0 Å². The summed E-state index contributed by atoms with van der Waals surface area (Å²) in [6.45, 7) is 6.39. The van der Waals surface area contributed by atoms with E-state index in [-0.39, 0.29) is 6.10 Å². The van der Waals surface area contributed by atoms with E-state index in [0.717, 1.165) is 25.9 Å². The van der Waals surface area contributed by atoms with Crippen molar-refractivity contribution in [1.29, 1.82) is 0 Å². The van der Waals surface area contributed by atoms with Gasteiger partial charge in [0.05, 0.1) is 6.10 Å². The number of aliphatic hydroxyl groups is 1. The van der Waals surface area contributed by atoms with Gasteiger partial charge >= 0.3 is 0 Å². The van der Waals surface area contributed by atoms with Crippen LogP contribution in [0, 0.1) is 19.8 Å². The van der Waals surface area contributed by atoms with Crippen molar-refractivity contribution in [2.45, 2.75) is 45.6 Å². The van der Waals surface area contributed by atoms with E-state index in [1.807, 2.05) is 0 Å². The van der Waals surface area contributed by atoms with Gasteiger partial charge in [0.15, 0.2) is 0 Å². The van der Waals surface area contributed by atoms with Crippen LogP contribution in [0.3, 0.4) is 0 Å². The van der Waals surface area contributed by atoms with Gasteiger partial charge in [0.25, 0.3) is 0 Å². The normalized spacial score (nSPS) is 21.8. The summed E-state index contributed by atoms with van der Waals surface area (Å²) in [5.74, 6) is 0.449. The Balaban J connectivity index is 1.84. The van der Waals surface area contributed by atoms with Gasteiger partial charge in [-0.15, -0.1) is 0 Å². The van der Waals surface area contributed by atoms with Crippen LogP contribution in [-0.2, 0) is 6.42 Å². The molecule has 1 saturated heterocycles. The van der Waals surface area contributed by atoms with Gasteiger partial charge in [-0.25, -0.2) is 0 Å². The summed E-state index contributed by atoms with van der Waals surface area (Å²) in [5, 5.41) is 13.6. The van der Waals surface area contributed by atoms with Crippen molar-refractivity contribution in [2.75, 3.05) is 13.1 Å². The fourth-order valence-electron chi connectivity index (χ4n) is 2.72. The molecule has 1 aliphatic rings. The van der Waals surface area contributed by atoms with E-state index in [9.17, 15) is 5.11 Å². The van der Waals surface area contributed by atoms with Crippen molar-refractivity contribution < 1.29 is 5.11 Å². The zero-order chi connectivity index (χ0) is 13.0. The third kappa shape index (κ3) is 3.56. The van der Waals surface area contributed by atoms with Gasteiger partial charge in [0.1, 0.15) is 0 Å². The summed E-state index contributed by atoms with van der Waals surface area (Å²) >= 11 is 0. The minimum Gasteiger partial charge on any atom is -0.393 e. The molecule has 2 unspecified atom stereocenters. The minimum atomic E-state index is -0.153. The number of aryl methyl sites for hydroxylation is 3. The third-order valence-electron chi connectivity index (χ3n) is 4.18. The highest BCUT2D eigenvalue weighted by molar-refractivity contribution is 5.29. The van der Waals surface area contributed by atoms with Gasteiger partial charge < -0.3 is 10.4 Å². The van der Waals surface area contributed by atoms with E-state index in [2.05, 4.69) is 37.4 Å². The summed E-state index contributed by atoms with van der Waals surface area (Å²) in [4.78, 5) is 0. The van der Waals surface area contributed by atoms with Crippen LogP contribution in [0.25, 0.3) is 0 Å². The van der Waals surface area contributed by atoms with E-state index >= 15 is 0 Å². The van der Waals surface area contributed by atoms with Crippen molar-refractivity contribution >= 4 is 0 Å². The number of nitrogens with one attached hydrogen (secondary N) is 1. The largest absolute Gasteiger partial charge is 0.393 e. The average molecular weight is 247 g/mol. The molecule has 0 amide bonds. The molecule has 0 radical (unpaired) electrons. The van der Waals surface area contributed by atoms with Gasteiger partial charge in [0, 0.05) is 6.54 Å². The van der Waals surface area contributed by atoms with Crippen molar-refractivity contribution in [3.63, 3.8) is 0 Å². The number of aliphatic hydroxyl groups excluding tert-OH is 1. The summed E-state index contributed by atoms with van der Waals surface area (Å²) in [7, 11) is 0. The highest BCUT2D eigenvalue weighted by Crippen LogP contribution is 2.19. The lowest BCUT2D eigenvalue weighted by atomic mass is 9.90. The zero-order valence-corrected chi connectivity index (χ0v) is 11.6. The maximum absolute atomic E-state index is 10.2. The van der Waals surface area contributed by atoms with Crippen LogP contribution >= 0.6 is 0 Å². The lowest BCUT2D eigenvalue weighted by Crippen LogP contribution is -2.36. The van der Waals surface area contributed by atoms with Crippen LogP contribution in [-0.4, -0.2) is 24.3 Å². The maximum Gasteiger partial charge on any atom is 0.0583 e. The van der Waals surface area contributed by atoms with Gasteiger partial charge in [-0.1, -0.05) is 18.2 Å². The Morgan fingerprint density at radius 3 is 2.83 bits per heavy atom. The van der Waals surface area contributed by atoms with Crippen LogP contribution in [0.15, 0.2) is 18.2 Å². The first-order chi connectivity index (χ1) is 8.66. The second-order valence-corrected chi connectivity index (χ2v) is 5.63. The number of hydrogen-bond donors (Lipinski definition) is 2. The number of piperidine rings is 1. The molecule has 1 aliphatic heterocycles. The second-order valence-electron chi connectivity index (χ2n) is 5.63. The first-order valence-electron chi connectivity index (χ1n) is 7.11. The third-order valence-corrected chi connectivity index (χ3v) is 4.18. The van der Waals surface area contributed by atoms with Crippen molar-refractivity contribution in [2.24, 2.45) is 5.92 Å². The van der Waals surface area contributed by atoms with Crippen molar-refractivity contribution in [3.8, 4) is 0 Å². The predicted molar refractivity (Wildman–Crippen MR) is 75.8 cm³/mol. The Kier molecular flexibility index (Phi) is 4.79. The van der Waals surface area contributed by atoms with Gasteiger partial charge in [-0.3, -0.25) is 0 Å². The summed E-state index contributed by atoms with van der Waals surface area (Å²) < 4.78 is 0. The molecule has 0 saturated carbocycles. The molecular formula is C16H25NO. The van der Waals surface area contributed by atoms with Crippen molar-refractivity contribution in [3.05, 3.63) is 34.9 Å². The zero-order valence-electron chi connectivity index (χ0n) is 11.6. The first-order valence-corrected chi connectivity index (χ1v) is 7.11. The highest BCUT2D eigenvalue weighted by Gasteiger charge is 2.21. The Morgan fingerprint density at radius 1 is 1.33 bits per heavy atom. The molecule has 1 aromatic carbocycles. The quantitative estimate of drug-likeness (QED) is 0.857. The molecule has 0 aromatic heterocycles. The first kappa shape index (κ1) is 13.6. The second kappa shape index (κ2) is 6.35. The monoisotopic (exact) mass is 247 g/mol. The molecule has 2 heteroatoms. The molecule has 0 aliphatic carbocycles. The minimum absolute atomic E-state index is 0.153. The van der Waals surface area contributed by atoms with E-state index in [1.165, 1.54) is 29.5 Å². The Labute approximate surface area is 110 Å². The number of rotatable bonds is 4. The molecule has 18 heavy (non-hydrogen) atoms. The molecule has 2 rings (SSSR count). The molecule has 0 bridgehead atoms. The topological polar surface area (TPSA) is 32.3 Å². The number of benzene rings is 1. The molecule has 2 nitrogen and oxygen atoms in total. The van der Waals surface area contributed by atoms with Crippen LogP contribution in [0.2, 0.25) is 0 Å². The van der Waals surface area contributed by atoms with Gasteiger partial charge in [-0.05, 0) is 68.7 Å². The Morgan fingerprint density at radius 2 is 2.17 bits per heavy atom. The lowest BCUT2D eigenvalue weighted by Gasteiger charge is -2.27. The SMILES string of the molecule is Cc1ccc(CCC(O)C2CCCNC2)cc1C. The standard InChI is InChI=1S/C16H25NO/c1-12-5-6-14(10-13(12)2)7-8-16(18)15-4-3-9-17-11-15/h5-6,10,15-18H,3-4,7-9,11H2,1-2H3. The molecule has 1 heterocycles. The van der Waals surface area contributed by atoms with E-state index in [4.69, 9.17) is 0 Å². The molecule has 0 spiro atoms. The molecule has 1 fully saturated rings. The lowest BCUT2D eigenvalue weighted by molar-refractivity contribution is 0.0844. The molecule has 1 aromatic rings. The highest BCUT2D eigenvalue weighted by atomic mass is 16.3. The Bertz CT molecular complexity index is 383. The van der Waals surface area contributed by atoms with E-state index < -0.39 is 0 Å². The van der Waals surface area contributed by atoms with Gasteiger partial charge in [0.2, 0.25) is 0 Å². The van der Waals surface area contributed by atoms with Crippen LogP contribution in [0.5, 0.6) is 0 Å². The Hall–Kier alpha value is -0.860.